The topological polar surface area (TPSA) is 86.5 Å². The molecule has 2 heterocycles. The van der Waals surface area contributed by atoms with Crippen LogP contribution in [0.3, 0.4) is 0 Å². The Hall–Kier alpha value is -3.89. The second-order valence-corrected chi connectivity index (χ2v) is 8.29. The summed E-state index contributed by atoms with van der Waals surface area (Å²) < 4.78 is 5.68. The van der Waals surface area contributed by atoms with Gasteiger partial charge >= 0.3 is 0 Å². The lowest BCUT2D eigenvalue weighted by Crippen LogP contribution is -2.38. The summed E-state index contributed by atoms with van der Waals surface area (Å²) in [7, 11) is 0. The summed E-state index contributed by atoms with van der Waals surface area (Å²) in [5, 5.41) is 9.91. The van der Waals surface area contributed by atoms with Crippen molar-refractivity contribution in [3.05, 3.63) is 88.6 Å². The molecule has 0 radical (unpaired) electrons. The number of nitriles is 1. The normalized spacial score (nSPS) is 13.6. The number of pyridine rings is 1. The second kappa shape index (κ2) is 10.8. The third kappa shape index (κ3) is 5.53. The molecule has 34 heavy (non-hydrogen) atoms. The minimum Gasteiger partial charge on any atom is -0.484 e. The minimum atomic E-state index is -0.110. The largest absolute Gasteiger partial charge is 0.484 e. The molecule has 172 valence electrons. The Kier molecular flexibility index (Phi) is 7.41. The van der Waals surface area contributed by atoms with E-state index in [1.54, 1.807) is 71.8 Å². The van der Waals surface area contributed by atoms with E-state index < -0.39 is 0 Å². The molecule has 0 bridgehead atoms. The molecule has 8 heteroatoms. The molecular formula is C26H23ClN4O3. The Labute approximate surface area is 203 Å². The molecule has 1 aliphatic rings. The van der Waals surface area contributed by atoms with E-state index in [1.807, 2.05) is 4.90 Å². The van der Waals surface area contributed by atoms with Crippen LogP contribution in [-0.2, 0) is 4.79 Å². The Morgan fingerprint density at radius 3 is 2.38 bits per heavy atom. The van der Waals surface area contributed by atoms with Crippen LogP contribution in [0.15, 0.2) is 66.9 Å². The highest BCUT2D eigenvalue weighted by Crippen LogP contribution is 2.19. The van der Waals surface area contributed by atoms with Gasteiger partial charge in [-0.25, -0.2) is 4.98 Å². The summed E-state index contributed by atoms with van der Waals surface area (Å²) in [6.07, 6.45) is 2.45. The highest BCUT2D eigenvalue weighted by Gasteiger charge is 2.21. The van der Waals surface area contributed by atoms with Crippen LogP contribution < -0.4 is 9.64 Å². The highest BCUT2D eigenvalue weighted by molar-refractivity contribution is 6.30. The zero-order chi connectivity index (χ0) is 23.9. The molecule has 0 atom stereocenters. The molecule has 1 amide bonds. The molecule has 0 N–H and O–H groups in total. The van der Waals surface area contributed by atoms with Crippen LogP contribution in [0.1, 0.15) is 27.9 Å². The van der Waals surface area contributed by atoms with E-state index in [4.69, 9.17) is 16.3 Å². The summed E-state index contributed by atoms with van der Waals surface area (Å²) in [5.41, 5.74) is 1.61. The van der Waals surface area contributed by atoms with Gasteiger partial charge in [-0.05, 0) is 67.1 Å². The number of hydrogen-bond acceptors (Lipinski definition) is 6. The molecule has 3 aromatic rings. The average molecular weight is 475 g/mol. The Morgan fingerprint density at radius 1 is 0.971 bits per heavy atom. The maximum atomic E-state index is 12.7. The molecule has 1 aromatic heterocycles. The number of hydrogen-bond donors (Lipinski definition) is 0. The predicted octanol–water partition coefficient (Wildman–Crippen LogP) is 3.96. The van der Waals surface area contributed by atoms with Gasteiger partial charge in [0.1, 0.15) is 17.6 Å². The molecule has 0 saturated carbocycles. The van der Waals surface area contributed by atoms with E-state index in [2.05, 4.69) is 11.1 Å². The van der Waals surface area contributed by atoms with Crippen molar-refractivity contribution in [2.24, 2.45) is 0 Å². The minimum absolute atomic E-state index is 0.0858. The number of carbonyl (C=O) groups excluding carboxylic acids is 2. The van der Waals surface area contributed by atoms with Crippen molar-refractivity contribution in [3.63, 3.8) is 0 Å². The maximum absolute atomic E-state index is 12.7. The fourth-order valence-corrected chi connectivity index (χ4v) is 3.95. The third-order valence-electron chi connectivity index (χ3n) is 5.64. The van der Waals surface area contributed by atoms with E-state index in [0.29, 0.717) is 52.9 Å². The first-order valence-electron chi connectivity index (χ1n) is 11.0. The van der Waals surface area contributed by atoms with Gasteiger partial charge in [0, 0.05) is 48.5 Å². The quantitative estimate of drug-likeness (QED) is 0.503. The Morgan fingerprint density at radius 2 is 1.68 bits per heavy atom. The standard InChI is InChI=1S/C26H23ClN4O3/c27-22-8-4-19(5-9-22)25(33)20-6-10-23(11-7-20)34-18-24(32)30-13-2-14-31(16-15-30)26-21(17-28)3-1-12-29-26/h1,3-12H,2,13-16,18H2. The van der Waals surface area contributed by atoms with Crippen molar-refractivity contribution in [1.82, 2.24) is 9.88 Å². The number of rotatable bonds is 6. The molecule has 0 spiro atoms. The maximum Gasteiger partial charge on any atom is 0.260 e. The summed E-state index contributed by atoms with van der Waals surface area (Å²) >= 11 is 5.88. The predicted molar refractivity (Wildman–Crippen MR) is 129 cm³/mol. The highest BCUT2D eigenvalue weighted by atomic mass is 35.5. The summed E-state index contributed by atoms with van der Waals surface area (Å²) in [6, 6.07) is 19.1. The number of halogens is 1. The molecule has 1 saturated heterocycles. The zero-order valence-corrected chi connectivity index (χ0v) is 19.2. The second-order valence-electron chi connectivity index (χ2n) is 7.86. The SMILES string of the molecule is N#Cc1cccnc1N1CCCN(C(=O)COc2ccc(C(=O)c3ccc(Cl)cc3)cc2)CC1. The van der Waals surface area contributed by atoms with Crippen LogP contribution in [0, 0.1) is 11.3 Å². The molecule has 7 nitrogen and oxygen atoms in total. The number of carbonyl (C=O) groups is 2. The molecule has 1 aliphatic heterocycles. The number of anilines is 1. The summed E-state index contributed by atoms with van der Waals surface area (Å²) in [5.74, 6) is 0.957. The monoisotopic (exact) mass is 474 g/mol. The average Bonchev–Trinajstić information content (AvgIpc) is 3.14. The van der Waals surface area contributed by atoms with Crippen LogP contribution >= 0.6 is 11.6 Å². The number of amides is 1. The van der Waals surface area contributed by atoms with Crippen molar-refractivity contribution in [3.8, 4) is 11.8 Å². The first kappa shape index (κ1) is 23.3. The van der Waals surface area contributed by atoms with E-state index in [9.17, 15) is 14.9 Å². The molecular weight excluding hydrogens is 452 g/mol. The first-order chi connectivity index (χ1) is 16.5. The first-order valence-corrected chi connectivity index (χ1v) is 11.3. The smallest absolute Gasteiger partial charge is 0.260 e. The van der Waals surface area contributed by atoms with Gasteiger partial charge in [-0.3, -0.25) is 9.59 Å². The van der Waals surface area contributed by atoms with Crippen LogP contribution in [0.4, 0.5) is 5.82 Å². The van der Waals surface area contributed by atoms with Crippen molar-refractivity contribution < 1.29 is 14.3 Å². The van der Waals surface area contributed by atoms with Crippen LogP contribution in [0.2, 0.25) is 5.02 Å². The van der Waals surface area contributed by atoms with Crippen molar-refractivity contribution in [2.45, 2.75) is 6.42 Å². The molecule has 4 rings (SSSR count). The lowest BCUT2D eigenvalue weighted by molar-refractivity contribution is -0.133. The third-order valence-corrected chi connectivity index (χ3v) is 5.89. The summed E-state index contributed by atoms with van der Waals surface area (Å²) in [6.45, 7) is 2.37. The van der Waals surface area contributed by atoms with Gasteiger partial charge in [0.2, 0.25) is 0 Å². The van der Waals surface area contributed by atoms with Crippen molar-refractivity contribution >= 4 is 29.1 Å². The van der Waals surface area contributed by atoms with Crippen LogP contribution in [0.5, 0.6) is 5.75 Å². The van der Waals surface area contributed by atoms with Crippen molar-refractivity contribution in [1.29, 1.82) is 5.26 Å². The number of benzene rings is 2. The van der Waals surface area contributed by atoms with E-state index in [-0.39, 0.29) is 18.3 Å². The fraction of sp³-hybridized carbons (Fsp3) is 0.231. The summed E-state index contributed by atoms with van der Waals surface area (Å²) in [4.78, 5) is 33.5. The number of aromatic nitrogens is 1. The van der Waals surface area contributed by atoms with Gasteiger partial charge in [-0.15, -0.1) is 0 Å². The lowest BCUT2D eigenvalue weighted by atomic mass is 10.0. The van der Waals surface area contributed by atoms with Gasteiger partial charge in [-0.2, -0.15) is 5.26 Å². The lowest BCUT2D eigenvalue weighted by Gasteiger charge is -2.23. The fourth-order valence-electron chi connectivity index (χ4n) is 3.82. The van der Waals surface area contributed by atoms with Crippen LogP contribution in [-0.4, -0.2) is 54.4 Å². The van der Waals surface area contributed by atoms with Crippen molar-refractivity contribution in [2.75, 3.05) is 37.7 Å². The molecule has 2 aromatic carbocycles. The number of ketones is 1. The zero-order valence-electron chi connectivity index (χ0n) is 18.5. The Balaban J connectivity index is 1.31. The van der Waals surface area contributed by atoms with E-state index >= 15 is 0 Å². The molecule has 0 aliphatic carbocycles. The van der Waals surface area contributed by atoms with Gasteiger partial charge < -0.3 is 14.5 Å². The van der Waals surface area contributed by atoms with E-state index in [1.165, 1.54) is 0 Å². The van der Waals surface area contributed by atoms with Gasteiger partial charge in [0.05, 0.1) is 5.56 Å². The van der Waals surface area contributed by atoms with Gasteiger partial charge in [0.15, 0.2) is 12.4 Å². The number of ether oxygens (including phenoxy) is 1. The van der Waals surface area contributed by atoms with Gasteiger partial charge in [-0.1, -0.05) is 11.6 Å². The number of nitrogens with zero attached hydrogens (tertiary/aromatic N) is 4. The molecule has 0 unspecified atom stereocenters. The molecule has 1 fully saturated rings. The van der Waals surface area contributed by atoms with Crippen LogP contribution in [0.25, 0.3) is 0 Å². The Bertz CT molecular complexity index is 1210. The van der Waals surface area contributed by atoms with E-state index in [0.717, 1.165) is 13.0 Å². The van der Waals surface area contributed by atoms with Gasteiger partial charge in [0.25, 0.3) is 5.91 Å².